The van der Waals surface area contributed by atoms with Gasteiger partial charge in [-0.25, -0.2) is 0 Å². The molecule has 0 bridgehead atoms. The summed E-state index contributed by atoms with van der Waals surface area (Å²) in [4.78, 5) is 15.5. The number of quaternary nitrogens is 1. The lowest BCUT2D eigenvalue weighted by molar-refractivity contribution is -0.884. The van der Waals surface area contributed by atoms with Crippen LogP contribution in [0, 0.1) is 0 Å². The molecular formula is C22H33ClN7O+. The van der Waals surface area contributed by atoms with Crippen LogP contribution in [0.4, 0.5) is 23.5 Å². The average Bonchev–Trinajstić information content (AvgIpc) is 3.01. The van der Waals surface area contributed by atoms with Crippen molar-refractivity contribution in [2.45, 2.75) is 63.5 Å². The Hall–Kier alpha value is -2.32. The molecule has 0 radical (unpaired) electrons. The highest BCUT2D eigenvalue weighted by Crippen LogP contribution is 2.28. The summed E-state index contributed by atoms with van der Waals surface area (Å²) >= 11 is 6.06. The molecule has 2 fully saturated rings. The van der Waals surface area contributed by atoms with Crippen LogP contribution in [0.15, 0.2) is 18.2 Å². The minimum Gasteiger partial charge on any atom is -0.506 e. The third-order valence-electron chi connectivity index (χ3n) is 6.20. The zero-order valence-electron chi connectivity index (χ0n) is 18.1. The molecule has 4 rings (SSSR count). The number of aromatic nitrogens is 3. The number of phenols is 1. The van der Waals surface area contributed by atoms with E-state index in [1.165, 1.54) is 25.7 Å². The van der Waals surface area contributed by atoms with Gasteiger partial charge in [-0.2, -0.15) is 15.0 Å². The summed E-state index contributed by atoms with van der Waals surface area (Å²) in [5, 5.41) is 20.2. The number of rotatable bonds is 6. The summed E-state index contributed by atoms with van der Waals surface area (Å²) in [5.74, 6) is 1.68. The third kappa shape index (κ3) is 6.33. The predicted octanol–water partition coefficient (Wildman–Crippen LogP) is 3.20. The molecular weight excluding hydrogens is 414 g/mol. The highest BCUT2D eigenvalue weighted by molar-refractivity contribution is 6.32. The van der Waals surface area contributed by atoms with Crippen LogP contribution in [0.5, 0.6) is 5.75 Å². The Balaban J connectivity index is 1.53. The summed E-state index contributed by atoms with van der Waals surface area (Å²) in [6, 6.07) is 5.71. The van der Waals surface area contributed by atoms with Gasteiger partial charge in [0.05, 0.1) is 25.2 Å². The molecule has 2 heterocycles. The number of nitrogens with one attached hydrogen (secondary N) is 4. The Kier molecular flexibility index (Phi) is 7.29. The molecule has 31 heavy (non-hydrogen) atoms. The SMILES string of the molecule is C[NH+]1CCC(Nc2nc(Nc3ccc(O)c(Cl)c3)nc(NC3CCCCCC3)n2)CC1. The maximum absolute atomic E-state index is 9.68. The van der Waals surface area contributed by atoms with E-state index in [9.17, 15) is 5.11 Å². The number of hydrogen-bond acceptors (Lipinski definition) is 7. The Morgan fingerprint density at radius 3 is 2.06 bits per heavy atom. The van der Waals surface area contributed by atoms with Gasteiger partial charge in [0.25, 0.3) is 0 Å². The second-order valence-corrected chi connectivity index (χ2v) is 9.21. The van der Waals surface area contributed by atoms with Gasteiger partial charge in [-0.05, 0) is 31.0 Å². The van der Waals surface area contributed by atoms with Crippen molar-refractivity contribution in [3.63, 3.8) is 0 Å². The third-order valence-corrected chi connectivity index (χ3v) is 6.50. The van der Waals surface area contributed by atoms with Gasteiger partial charge in [-0.3, -0.25) is 0 Å². The minimum atomic E-state index is 0.0466. The molecule has 0 spiro atoms. The summed E-state index contributed by atoms with van der Waals surface area (Å²) in [7, 11) is 2.23. The largest absolute Gasteiger partial charge is 0.506 e. The summed E-state index contributed by atoms with van der Waals surface area (Å²) in [6.45, 7) is 2.29. The molecule has 1 aromatic heterocycles. The Morgan fingerprint density at radius 2 is 1.45 bits per heavy atom. The molecule has 8 nitrogen and oxygen atoms in total. The van der Waals surface area contributed by atoms with Gasteiger partial charge in [0.15, 0.2) is 0 Å². The molecule has 0 unspecified atom stereocenters. The Labute approximate surface area is 188 Å². The lowest BCUT2D eigenvalue weighted by Gasteiger charge is -2.27. The fourth-order valence-corrected chi connectivity index (χ4v) is 4.50. The lowest BCUT2D eigenvalue weighted by atomic mass is 10.1. The summed E-state index contributed by atoms with van der Waals surface area (Å²) < 4.78 is 0. The molecule has 1 aliphatic heterocycles. The lowest BCUT2D eigenvalue weighted by Crippen LogP contribution is -3.10. The number of phenolic OH excluding ortho intramolecular Hbond substituents is 1. The quantitative estimate of drug-likeness (QED) is 0.343. The smallest absolute Gasteiger partial charge is 0.233 e. The molecule has 5 N–H and O–H groups in total. The highest BCUT2D eigenvalue weighted by atomic mass is 35.5. The summed E-state index contributed by atoms with van der Waals surface area (Å²) in [6.07, 6.45) is 9.55. The standard InChI is InChI=1S/C22H32ClN7O/c1-30-12-10-16(11-13-30)25-21-27-20(24-15-6-4-2-3-5-7-15)28-22(29-21)26-17-8-9-19(31)18(23)14-17/h8-9,14-16,31H,2-7,10-13H2,1H3,(H3,24,25,26,27,28,29)/p+1. The van der Waals surface area contributed by atoms with E-state index < -0.39 is 0 Å². The van der Waals surface area contributed by atoms with Gasteiger partial charge in [-0.1, -0.05) is 37.3 Å². The molecule has 1 saturated heterocycles. The predicted molar refractivity (Wildman–Crippen MR) is 125 cm³/mol. The van der Waals surface area contributed by atoms with Gasteiger partial charge < -0.3 is 26.0 Å². The summed E-state index contributed by atoms with van der Waals surface area (Å²) in [5.41, 5.74) is 0.711. The number of piperidine rings is 1. The normalized spacial score (nSPS) is 22.5. The van der Waals surface area contributed by atoms with Crippen molar-refractivity contribution in [2.75, 3.05) is 36.1 Å². The molecule has 0 atom stereocenters. The first-order valence-electron chi connectivity index (χ1n) is 11.4. The van der Waals surface area contributed by atoms with Crippen molar-refractivity contribution in [2.24, 2.45) is 0 Å². The zero-order chi connectivity index (χ0) is 21.6. The first-order valence-corrected chi connectivity index (χ1v) is 11.8. The van der Waals surface area contributed by atoms with E-state index in [1.54, 1.807) is 23.1 Å². The van der Waals surface area contributed by atoms with Crippen LogP contribution in [0.2, 0.25) is 5.02 Å². The second kappa shape index (κ2) is 10.3. The fourth-order valence-electron chi connectivity index (χ4n) is 4.32. The first kappa shape index (κ1) is 21.9. The van der Waals surface area contributed by atoms with Crippen molar-refractivity contribution < 1.29 is 10.0 Å². The van der Waals surface area contributed by atoms with Crippen molar-refractivity contribution in [1.82, 2.24) is 15.0 Å². The molecule has 1 aromatic carbocycles. The number of hydrogen-bond donors (Lipinski definition) is 5. The van der Waals surface area contributed by atoms with Gasteiger partial charge >= 0.3 is 0 Å². The minimum absolute atomic E-state index is 0.0466. The maximum atomic E-state index is 9.68. The number of aromatic hydroxyl groups is 1. The highest BCUT2D eigenvalue weighted by Gasteiger charge is 2.21. The topological polar surface area (TPSA) is 99.4 Å². The molecule has 168 valence electrons. The molecule has 1 saturated carbocycles. The van der Waals surface area contributed by atoms with E-state index >= 15 is 0 Å². The van der Waals surface area contributed by atoms with Crippen molar-refractivity contribution in [3.8, 4) is 5.75 Å². The number of benzene rings is 1. The number of halogens is 1. The fraction of sp³-hybridized carbons (Fsp3) is 0.591. The van der Waals surface area contributed by atoms with Crippen LogP contribution in [0.1, 0.15) is 51.4 Å². The van der Waals surface area contributed by atoms with Gasteiger partial charge in [-0.15, -0.1) is 0 Å². The van der Waals surface area contributed by atoms with E-state index in [4.69, 9.17) is 11.6 Å². The van der Waals surface area contributed by atoms with Crippen molar-refractivity contribution in [3.05, 3.63) is 23.2 Å². The van der Waals surface area contributed by atoms with Crippen LogP contribution >= 0.6 is 11.6 Å². The second-order valence-electron chi connectivity index (χ2n) is 8.81. The average molecular weight is 447 g/mol. The Bertz CT molecular complexity index is 865. The van der Waals surface area contributed by atoms with Crippen LogP contribution < -0.4 is 20.9 Å². The first-order chi connectivity index (χ1) is 15.0. The molecule has 0 amide bonds. The van der Waals surface area contributed by atoms with Crippen LogP contribution in [0.3, 0.4) is 0 Å². The van der Waals surface area contributed by atoms with E-state index in [1.807, 2.05) is 0 Å². The van der Waals surface area contributed by atoms with Crippen LogP contribution in [-0.4, -0.2) is 52.3 Å². The molecule has 2 aromatic rings. The number of likely N-dealkylation sites (tertiary alicyclic amines) is 1. The van der Waals surface area contributed by atoms with E-state index in [-0.39, 0.29) is 10.8 Å². The number of nitrogens with zero attached hydrogens (tertiary/aromatic N) is 3. The van der Waals surface area contributed by atoms with Crippen molar-refractivity contribution in [1.29, 1.82) is 0 Å². The van der Waals surface area contributed by atoms with Gasteiger partial charge in [0.2, 0.25) is 17.8 Å². The van der Waals surface area contributed by atoms with Gasteiger partial charge in [0, 0.05) is 30.6 Å². The molecule has 2 aliphatic rings. The van der Waals surface area contributed by atoms with Gasteiger partial charge in [0.1, 0.15) is 5.75 Å². The maximum Gasteiger partial charge on any atom is 0.233 e. The van der Waals surface area contributed by atoms with E-state index in [2.05, 4.69) is 37.9 Å². The van der Waals surface area contributed by atoms with Crippen molar-refractivity contribution >= 4 is 35.1 Å². The monoisotopic (exact) mass is 446 g/mol. The van der Waals surface area contributed by atoms with E-state index in [0.29, 0.717) is 35.6 Å². The molecule has 9 heteroatoms. The van der Waals surface area contributed by atoms with E-state index in [0.717, 1.165) is 38.8 Å². The van der Waals surface area contributed by atoms with Crippen LogP contribution in [0.25, 0.3) is 0 Å². The molecule has 1 aliphatic carbocycles. The number of anilines is 4. The Morgan fingerprint density at radius 1 is 0.871 bits per heavy atom. The zero-order valence-corrected chi connectivity index (χ0v) is 18.9. The van der Waals surface area contributed by atoms with Crippen LogP contribution in [-0.2, 0) is 0 Å².